The number of amides is 1. The largest absolute Gasteiger partial charge is 0.481 e. The molecule has 0 aliphatic carbocycles. The number of carbonyl (C=O) groups excluding carboxylic acids is 1. The molecule has 0 aliphatic rings. The van der Waals surface area contributed by atoms with Gasteiger partial charge in [0.1, 0.15) is 5.75 Å². The van der Waals surface area contributed by atoms with E-state index >= 15 is 0 Å². The van der Waals surface area contributed by atoms with Crippen LogP contribution in [0.1, 0.15) is 18.9 Å². The third-order valence-corrected chi connectivity index (χ3v) is 5.91. The fraction of sp³-hybridized carbons (Fsp3) is 0.211. The van der Waals surface area contributed by atoms with Crippen LogP contribution in [0.5, 0.6) is 5.75 Å². The molecule has 0 saturated carbocycles. The summed E-state index contributed by atoms with van der Waals surface area (Å²) in [5, 5.41) is 13.5. The van der Waals surface area contributed by atoms with E-state index in [0.717, 1.165) is 0 Å². The van der Waals surface area contributed by atoms with Gasteiger partial charge in [-0.25, -0.2) is 0 Å². The van der Waals surface area contributed by atoms with Crippen molar-refractivity contribution in [2.24, 2.45) is 7.05 Å². The fourth-order valence-electron chi connectivity index (χ4n) is 2.57. The lowest BCUT2D eigenvalue weighted by molar-refractivity contribution is -0.113. The summed E-state index contributed by atoms with van der Waals surface area (Å²) in [6, 6.07) is 9.82. The Morgan fingerprint density at radius 1 is 1.10 bits per heavy atom. The molecule has 3 rings (SSSR count). The zero-order valence-electron chi connectivity index (χ0n) is 15.8. The SMILES string of the molecule is CC(Oc1cc(Cl)ccc1Cl)c1nnc(SCC(=O)Nc2cc(Cl)cc(Cl)c2)n1C. The van der Waals surface area contributed by atoms with E-state index in [9.17, 15) is 4.79 Å². The summed E-state index contributed by atoms with van der Waals surface area (Å²) in [5.41, 5.74) is 0.525. The van der Waals surface area contributed by atoms with E-state index in [-0.39, 0.29) is 11.7 Å². The molecule has 1 N–H and O–H groups in total. The Balaban J connectivity index is 1.62. The van der Waals surface area contributed by atoms with Gasteiger partial charge in [0.25, 0.3) is 0 Å². The maximum atomic E-state index is 12.2. The summed E-state index contributed by atoms with van der Waals surface area (Å²) < 4.78 is 7.64. The molecule has 0 aliphatic heterocycles. The molecule has 1 atom stereocenters. The Morgan fingerprint density at radius 2 is 1.80 bits per heavy atom. The number of aromatic nitrogens is 3. The molecule has 0 radical (unpaired) electrons. The van der Waals surface area contributed by atoms with Gasteiger partial charge in [-0.05, 0) is 37.3 Å². The molecule has 1 unspecified atom stereocenters. The number of hydrogen-bond acceptors (Lipinski definition) is 5. The van der Waals surface area contributed by atoms with Gasteiger partial charge >= 0.3 is 0 Å². The van der Waals surface area contributed by atoms with Gasteiger partial charge in [-0.2, -0.15) is 0 Å². The average molecular weight is 506 g/mol. The molecule has 11 heteroatoms. The number of thioether (sulfide) groups is 1. The number of rotatable bonds is 7. The minimum atomic E-state index is -0.435. The van der Waals surface area contributed by atoms with Gasteiger partial charge in [0, 0.05) is 33.9 Å². The van der Waals surface area contributed by atoms with Crippen molar-refractivity contribution >= 4 is 69.8 Å². The van der Waals surface area contributed by atoms with E-state index in [1.54, 1.807) is 48.0 Å². The second-order valence-corrected chi connectivity index (χ2v) is 8.89. The van der Waals surface area contributed by atoms with E-state index in [1.807, 2.05) is 6.92 Å². The number of nitrogens with one attached hydrogen (secondary N) is 1. The summed E-state index contributed by atoms with van der Waals surface area (Å²) in [4.78, 5) is 12.2. The third-order valence-electron chi connectivity index (χ3n) is 3.91. The van der Waals surface area contributed by atoms with Crippen LogP contribution >= 0.6 is 58.2 Å². The monoisotopic (exact) mass is 504 g/mol. The Morgan fingerprint density at radius 3 is 2.50 bits per heavy atom. The molecule has 0 bridgehead atoms. The van der Waals surface area contributed by atoms with Crippen LogP contribution in [0.15, 0.2) is 41.6 Å². The van der Waals surface area contributed by atoms with Crippen LogP contribution in [-0.4, -0.2) is 26.4 Å². The number of nitrogens with zero attached hydrogens (tertiary/aromatic N) is 3. The number of anilines is 1. The van der Waals surface area contributed by atoms with E-state index in [4.69, 9.17) is 51.1 Å². The van der Waals surface area contributed by atoms with E-state index in [1.165, 1.54) is 11.8 Å². The average Bonchev–Trinajstić information content (AvgIpc) is 3.03. The van der Waals surface area contributed by atoms with Crippen molar-refractivity contribution in [2.75, 3.05) is 11.1 Å². The lowest BCUT2D eigenvalue weighted by atomic mass is 10.3. The van der Waals surface area contributed by atoms with Crippen molar-refractivity contribution in [3.05, 3.63) is 62.3 Å². The Hall–Kier alpha value is -1.64. The highest BCUT2D eigenvalue weighted by Gasteiger charge is 2.19. The summed E-state index contributed by atoms with van der Waals surface area (Å²) in [6.07, 6.45) is -0.435. The van der Waals surface area contributed by atoms with Crippen molar-refractivity contribution in [3.8, 4) is 5.75 Å². The zero-order valence-corrected chi connectivity index (χ0v) is 19.7. The van der Waals surface area contributed by atoms with Gasteiger partial charge in [0.2, 0.25) is 5.91 Å². The molecule has 1 heterocycles. The van der Waals surface area contributed by atoms with Crippen molar-refractivity contribution in [1.29, 1.82) is 0 Å². The summed E-state index contributed by atoms with van der Waals surface area (Å²) in [7, 11) is 1.80. The van der Waals surface area contributed by atoms with E-state index in [2.05, 4.69) is 15.5 Å². The van der Waals surface area contributed by atoms with Crippen LogP contribution < -0.4 is 10.1 Å². The highest BCUT2D eigenvalue weighted by molar-refractivity contribution is 7.99. The van der Waals surface area contributed by atoms with Crippen LogP contribution in [0.3, 0.4) is 0 Å². The number of benzene rings is 2. The Labute approximate surface area is 197 Å². The molecule has 1 amide bonds. The maximum absolute atomic E-state index is 12.2. The first-order valence-corrected chi connectivity index (χ1v) is 11.1. The predicted octanol–water partition coefficient (Wildman–Crippen LogP) is 6.30. The molecule has 1 aromatic heterocycles. The van der Waals surface area contributed by atoms with Crippen molar-refractivity contribution in [1.82, 2.24) is 14.8 Å². The third kappa shape index (κ3) is 5.95. The topological polar surface area (TPSA) is 69.0 Å². The van der Waals surface area contributed by atoms with Gasteiger partial charge < -0.3 is 14.6 Å². The van der Waals surface area contributed by atoms with Crippen molar-refractivity contribution in [3.63, 3.8) is 0 Å². The first-order valence-electron chi connectivity index (χ1n) is 8.62. The Bertz CT molecular complexity index is 1060. The van der Waals surface area contributed by atoms with Crippen LogP contribution in [0, 0.1) is 0 Å². The van der Waals surface area contributed by atoms with Crippen molar-refractivity contribution in [2.45, 2.75) is 18.2 Å². The molecule has 0 saturated heterocycles. The summed E-state index contributed by atoms with van der Waals surface area (Å²) >= 11 is 25.3. The first-order chi connectivity index (χ1) is 14.2. The van der Waals surface area contributed by atoms with E-state index < -0.39 is 6.10 Å². The lowest BCUT2D eigenvalue weighted by Crippen LogP contribution is -2.15. The molecule has 0 fully saturated rings. The molecule has 6 nitrogen and oxygen atoms in total. The van der Waals surface area contributed by atoms with E-state index in [0.29, 0.717) is 42.5 Å². The fourth-order valence-corrected chi connectivity index (χ4v) is 4.14. The molecular formula is C19H16Cl4N4O2S. The van der Waals surface area contributed by atoms with Gasteiger partial charge in [-0.1, -0.05) is 58.2 Å². The molecule has 3 aromatic rings. The molecule has 2 aromatic carbocycles. The summed E-state index contributed by atoms with van der Waals surface area (Å²) in [5.74, 6) is 0.938. The first kappa shape index (κ1) is 23.0. The second-order valence-electron chi connectivity index (χ2n) is 6.23. The second kappa shape index (κ2) is 10.1. The van der Waals surface area contributed by atoms with Gasteiger partial charge in [-0.3, -0.25) is 4.79 Å². The van der Waals surface area contributed by atoms with Gasteiger partial charge in [0.15, 0.2) is 17.1 Å². The number of carbonyl (C=O) groups is 1. The Kier molecular flexibility index (Phi) is 7.76. The zero-order chi connectivity index (χ0) is 21.8. The quantitative estimate of drug-likeness (QED) is 0.381. The molecule has 0 spiro atoms. The van der Waals surface area contributed by atoms with Crippen LogP contribution in [0.4, 0.5) is 5.69 Å². The normalized spacial score (nSPS) is 11.9. The lowest BCUT2D eigenvalue weighted by Gasteiger charge is -2.15. The van der Waals surface area contributed by atoms with Crippen LogP contribution in [-0.2, 0) is 11.8 Å². The highest BCUT2D eigenvalue weighted by Crippen LogP contribution is 2.32. The van der Waals surface area contributed by atoms with Crippen molar-refractivity contribution < 1.29 is 9.53 Å². The minimum absolute atomic E-state index is 0.130. The maximum Gasteiger partial charge on any atom is 0.234 e. The van der Waals surface area contributed by atoms with Crippen LogP contribution in [0.25, 0.3) is 0 Å². The number of hydrogen-bond donors (Lipinski definition) is 1. The van der Waals surface area contributed by atoms with Gasteiger partial charge in [-0.15, -0.1) is 10.2 Å². The predicted molar refractivity (Wildman–Crippen MR) is 122 cm³/mol. The minimum Gasteiger partial charge on any atom is -0.481 e. The van der Waals surface area contributed by atoms with Crippen LogP contribution in [0.2, 0.25) is 20.1 Å². The standard InChI is InChI=1S/C19H16Cl4N4O2S/c1-10(29-16-8-11(20)3-4-15(16)23)18-25-26-19(27(18)2)30-9-17(28)24-14-6-12(21)5-13(22)7-14/h3-8,10H,9H2,1-2H3,(H,24,28). The number of ether oxygens (including phenoxy) is 1. The smallest absolute Gasteiger partial charge is 0.234 e. The summed E-state index contributed by atoms with van der Waals surface area (Å²) in [6.45, 7) is 1.82. The highest BCUT2D eigenvalue weighted by atomic mass is 35.5. The molecular weight excluding hydrogens is 490 g/mol. The molecule has 30 heavy (non-hydrogen) atoms. The van der Waals surface area contributed by atoms with Gasteiger partial charge in [0.05, 0.1) is 10.8 Å². The number of halogens is 4. The molecule has 158 valence electrons.